The van der Waals surface area contributed by atoms with Crippen LogP contribution in [0.4, 0.5) is 15.0 Å². The second kappa shape index (κ2) is 8.78. The number of aromatic nitrogens is 4. The maximum Gasteiger partial charge on any atom is 0.317 e. The number of rotatable bonds is 4. The van der Waals surface area contributed by atoms with Gasteiger partial charge in [-0.3, -0.25) is 0 Å². The van der Waals surface area contributed by atoms with Crippen LogP contribution >= 0.6 is 11.6 Å². The highest BCUT2D eigenvalue weighted by Gasteiger charge is 2.35. The molecule has 5 rings (SSSR count). The number of H-pyrrole nitrogens is 1. The van der Waals surface area contributed by atoms with Gasteiger partial charge in [-0.2, -0.15) is 0 Å². The number of hydrogen-bond acceptors (Lipinski definition) is 5. The molecule has 0 unspecified atom stereocenters. The Morgan fingerprint density at radius 2 is 2.09 bits per heavy atom. The van der Waals surface area contributed by atoms with Gasteiger partial charge in [0.2, 0.25) is 0 Å². The minimum absolute atomic E-state index is 0.00207. The molecule has 1 saturated heterocycles. The first-order chi connectivity index (χ1) is 15.9. The number of halogens is 2. The van der Waals surface area contributed by atoms with Gasteiger partial charge in [0, 0.05) is 48.0 Å². The molecule has 0 bridgehead atoms. The SMILES string of the molecule is C[C@@]1(NC(=O)N2CCCC2)CCC[C@H](Nc2nc(-c3c[nH]c4ncc(Cl)cc34)ncc2F)C1. The van der Waals surface area contributed by atoms with Gasteiger partial charge in [0.1, 0.15) is 5.65 Å². The number of anilines is 1. The molecule has 8 nitrogen and oxygen atoms in total. The first-order valence-electron chi connectivity index (χ1n) is 11.4. The van der Waals surface area contributed by atoms with Gasteiger partial charge in [-0.1, -0.05) is 11.6 Å². The molecule has 3 N–H and O–H groups in total. The van der Waals surface area contributed by atoms with Crippen LogP contribution in [0.1, 0.15) is 45.4 Å². The van der Waals surface area contributed by atoms with Gasteiger partial charge in [-0.05, 0) is 51.5 Å². The molecule has 10 heteroatoms. The Kier molecular flexibility index (Phi) is 5.82. The van der Waals surface area contributed by atoms with Gasteiger partial charge in [0.05, 0.1) is 11.2 Å². The standard InChI is InChI=1S/C23H27ClFN7O/c1-23(31-22(33)32-7-2-3-8-32)6-4-5-15(10-23)29-21-18(25)13-28-20(30-21)17-12-27-19-16(17)9-14(24)11-26-19/h9,11-13,15H,2-8,10H2,1H3,(H,26,27)(H,31,33)(H,28,29,30)/t15-,23+/m0/s1. The van der Waals surface area contributed by atoms with E-state index in [1.54, 1.807) is 18.5 Å². The van der Waals surface area contributed by atoms with Crippen molar-refractivity contribution >= 4 is 34.5 Å². The lowest BCUT2D eigenvalue weighted by atomic mass is 9.80. The number of likely N-dealkylation sites (tertiary alicyclic amines) is 1. The summed E-state index contributed by atoms with van der Waals surface area (Å²) in [7, 11) is 0. The molecule has 3 aromatic heterocycles. The monoisotopic (exact) mass is 471 g/mol. The van der Waals surface area contributed by atoms with Crippen molar-refractivity contribution in [2.24, 2.45) is 0 Å². The highest BCUT2D eigenvalue weighted by Crippen LogP contribution is 2.32. The van der Waals surface area contributed by atoms with E-state index in [0.717, 1.165) is 50.6 Å². The molecule has 1 saturated carbocycles. The largest absolute Gasteiger partial charge is 0.365 e. The van der Waals surface area contributed by atoms with Crippen LogP contribution in [-0.4, -0.2) is 55.5 Å². The predicted octanol–water partition coefficient (Wildman–Crippen LogP) is 4.73. The van der Waals surface area contributed by atoms with Crippen molar-refractivity contribution in [2.75, 3.05) is 18.4 Å². The highest BCUT2D eigenvalue weighted by atomic mass is 35.5. The summed E-state index contributed by atoms with van der Waals surface area (Å²) in [4.78, 5) is 30.5. The second-order valence-corrected chi connectivity index (χ2v) is 9.70. The van der Waals surface area contributed by atoms with Gasteiger partial charge in [0.15, 0.2) is 17.5 Å². The third kappa shape index (κ3) is 4.59. The Morgan fingerprint density at radius 3 is 2.91 bits per heavy atom. The van der Waals surface area contributed by atoms with Crippen molar-refractivity contribution in [1.82, 2.24) is 30.2 Å². The fourth-order valence-corrected chi connectivity index (χ4v) is 5.09. The molecule has 2 atom stereocenters. The average molecular weight is 472 g/mol. The maximum absolute atomic E-state index is 14.6. The Bertz CT molecular complexity index is 1180. The molecule has 3 aromatic rings. The van der Waals surface area contributed by atoms with Crippen LogP contribution in [0.3, 0.4) is 0 Å². The molecule has 33 heavy (non-hydrogen) atoms. The smallest absolute Gasteiger partial charge is 0.317 e. The number of urea groups is 1. The van der Waals surface area contributed by atoms with Gasteiger partial charge in [0.25, 0.3) is 0 Å². The molecule has 2 amide bonds. The van der Waals surface area contributed by atoms with Gasteiger partial charge >= 0.3 is 6.03 Å². The van der Waals surface area contributed by atoms with E-state index in [9.17, 15) is 9.18 Å². The van der Waals surface area contributed by atoms with E-state index in [2.05, 4.69) is 37.5 Å². The zero-order valence-corrected chi connectivity index (χ0v) is 19.3. The molecule has 1 aliphatic heterocycles. The summed E-state index contributed by atoms with van der Waals surface area (Å²) in [6, 6.07) is 1.77. The van der Waals surface area contributed by atoms with Crippen LogP contribution in [0, 0.1) is 5.82 Å². The summed E-state index contributed by atoms with van der Waals surface area (Å²) < 4.78 is 14.6. The van der Waals surface area contributed by atoms with Gasteiger partial charge in [-0.15, -0.1) is 0 Å². The molecular formula is C23H27ClFN7O. The fraction of sp³-hybridized carbons (Fsp3) is 0.478. The van der Waals surface area contributed by atoms with E-state index < -0.39 is 5.82 Å². The Balaban J connectivity index is 1.33. The van der Waals surface area contributed by atoms with Crippen LogP contribution in [0.25, 0.3) is 22.4 Å². The number of aromatic amines is 1. The van der Waals surface area contributed by atoms with E-state index in [-0.39, 0.29) is 23.4 Å². The molecule has 0 spiro atoms. The lowest BCUT2D eigenvalue weighted by Gasteiger charge is -2.40. The summed E-state index contributed by atoms with van der Waals surface area (Å²) in [5.74, 6) is 0.0303. The van der Waals surface area contributed by atoms with Crippen LogP contribution in [0.5, 0.6) is 0 Å². The maximum atomic E-state index is 14.6. The number of carbonyl (C=O) groups is 1. The lowest BCUT2D eigenvalue weighted by Crippen LogP contribution is -2.54. The molecule has 0 radical (unpaired) electrons. The molecule has 0 aromatic carbocycles. The molecule has 2 aliphatic rings. The normalized spacial score (nSPS) is 23.1. The van der Waals surface area contributed by atoms with Crippen molar-refractivity contribution in [3.63, 3.8) is 0 Å². The second-order valence-electron chi connectivity index (χ2n) is 9.26. The van der Waals surface area contributed by atoms with E-state index >= 15 is 0 Å². The van der Waals surface area contributed by atoms with Crippen molar-refractivity contribution in [2.45, 2.75) is 57.0 Å². The number of pyridine rings is 1. The quantitative estimate of drug-likeness (QED) is 0.511. The third-order valence-electron chi connectivity index (χ3n) is 6.60. The Labute approximate surface area is 196 Å². The summed E-state index contributed by atoms with van der Waals surface area (Å²) >= 11 is 6.10. The first kappa shape index (κ1) is 21.9. The summed E-state index contributed by atoms with van der Waals surface area (Å²) in [6.45, 7) is 3.69. The van der Waals surface area contributed by atoms with Crippen LogP contribution in [-0.2, 0) is 0 Å². The zero-order chi connectivity index (χ0) is 23.0. The lowest BCUT2D eigenvalue weighted by molar-refractivity contribution is 0.179. The van der Waals surface area contributed by atoms with Crippen molar-refractivity contribution < 1.29 is 9.18 Å². The van der Waals surface area contributed by atoms with Crippen molar-refractivity contribution in [3.05, 3.63) is 35.5 Å². The number of nitrogens with one attached hydrogen (secondary N) is 3. The summed E-state index contributed by atoms with van der Waals surface area (Å²) in [6.07, 6.45) is 10.00. The molecule has 174 valence electrons. The third-order valence-corrected chi connectivity index (χ3v) is 6.81. The zero-order valence-electron chi connectivity index (χ0n) is 18.5. The highest BCUT2D eigenvalue weighted by molar-refractivity contribution is 6.31. The molecule has 4 heterocycles. The minimum atomic E-state index is -0.511. The van der Waals surface area contributed by atoms with Crippen molar-refractivity contribution in [3.8, 4) is 11.4 Å². The van der Waals surface area contributed by atoms with Gasteiger partial charge < -0.3 is 20.5 Å². The van der Waals surface area contributed by atoms with Crippen LogP contribution in [0.15, 0.2) is 24.7 Å². The first-order valence-corrected chi connectivity index (χ1v) is 11.8. The van der Waals surface area contributed by atoms with E-state index in [1.165, 1.54) is 6.20 Å². The van der Waals surface area contributed by atoms with Crippen LogP contribution < -0.4 is 10.6 Å². The summed E-state index contributed by atoms with van der Waals surface area (Å²) in [5.41, 5.74) is 1.02. The minimum Gasteiger partial charge on any atom is -0.365 e. The predicted molar refractivity (Wildman–Crippen MR) is 126 cm³/mol. The number of hydrogen-bond donors (Lipinski definition) is 3. The summed E-state index contributed by atoms with van der Waals surface area (Å²) in [5, 5.41) is 7.76. The number of amides is 2. The van der Waals surface area contributed by atoms with E-state index in [4.69, 9.17) is 11.6 Å². The number of nitrogens with zero attached hydrogens (tertiary/aromatic N) is 4. The topological polar surface area (TPSA) is 98.8 Å². The Morgan fingerprint density at radius 1 is 1.27 bits per heavy atom. The number of fused-ring (bicyclic) bond motifs is 1. The molecule has 1 aliphatic carbocycles. The molecular weight excluding hydrogens is 445 g/mol. The Hall–Kier alpha value is -2.94. The van der Waals surface area contributed by atoms with Gasteiger partial charge in [-0.25, -0.2) is 24.1 Å². The van der Waals surface area contributed by atoms with E-state index in [0.29, 0.717) is 28.5 Å². The fourth-order valence-electron chi connectivity index (χ4n) is 4.94. The molecule has 2 fully saturated rings. The number of carbonyl (C=O) groups excluding carboxylic acids is 1. The van der Waals surface area contributed by atoms with Crippen LogP contribution in [0.2, 0.25) is 5.02 Å². The van der Waals surface area contributed by atoms with E-state index in [1.807, 2.05) is 4.90 Å². The average Bonchev–Trinajstić information content (AvgIpc) is 3.45. The van der Waals surface area contributed by atoms with Crippen molar-refractivity contribution in [1.29, 1.82) is 0 Å².